The van der Waals surface area contributed by atoms with Crippen LogP contribution in [0.2, 0.25) is 0 Å². The largest absolute Gasteiger partial charge is 0.444 e. The molecule has 11 nitrogen and oxygen atoms in total. The van der Waals surface area contributed by atoms with Crippen molar-refractivity contribution >= 4 is 35.7 Å². The summed E-state index contributed by atoms with van der Waals surface area (Å²) in [6.45, 7) is 7.53. The Morgan fingerprint density at radius 3 is 2.03 bits per heavy atom. The van der Waals surface area contributed by atoms with E-state index in [2.05, 4.69) is 5.32 Å². The smallest absolute Gasteiger partial charge is 0.408 e. The number of carbonyl (C=O) groups excluding carboxylic acids is 6. The third-order valence-electron chi connectivity index (χ3n) is 4.98. The van der Waals surface area contributed by atoms with Crippen LogP contribution in [0.3, 0.4) is 0 Å². The number of piperidine rings is 1. The first-order valence-corrected chi connectivity index (χ1v) is 10.3. The number of amides is 5. The standard InChI is InChI=1S/C22H25N3O8/c1-21(2,3)32-20(31)23-22(4,5)19(30)33-25-15(26)11-10-14(18(25)29)24-16(27)12-8-6-7-9-13(12)17(24)28/h6-9,14H,10-11H2,1-5H3,(H,23,31)/t14-/m0/s1. The Bertz CT molecular complexity index is 1020. The zero-order chi connectivity index (χ0) is 24.7. The molecule has 2 aliphatic rings. The van der Waals surface area contributed by atoms with E-state index in [1.54, 1.807) is 32.9 Å². The van der Waals surface area contributed by atoms with Crippen molar-refractivity contribution in [3.8, 4) is 0 Å². The molecule has 11 heteroatoms. The van der Waals surface area contributed by atoms with Crippen LogP contribution >= 0.6 is 0 Å². The molecule has 0 unspecified atom stereocenters. The SMILES string of the molecule is CC(C)(C)OC(=O)NC(C)(C)C(=O)ON1C(=O)CC[C@H](N2C(=O)c3ccccc3C2=O)C1=O. The van der Waals surface area contributed by atoms with Gasteiger partial charge in [0.1, 0.15) is 17.2 Å². The number of hydrogen-bond acceptors (Lipinski definition) is 8. The molecule has 0 spiro atoms. The molecule has 1 N–H and O–H groups in total. The molecule has 5 amide bonds. The van der Waals surface area contributed by atoms with Gasteiger partial charge >= 0.3 is 12.1 Å². The highest BCUT2D eigenvalue weighted by molar-refractivity contribution is 6.23. The topological polar surface area (TPSA) is 139 Å². The minimum atomic E-state index is -1.66. The van der Waals surface area contributed by atoms with Crippen molar-refractivity contribution in [1.29, 1.82) is 0 Å². The Hall–Kier alpha value is -3.76. The van der Waals surface area contributed by atoms with Gasteiger partial charge in [0.05, 0.1) is 11.1 Å². The van der Waals surface area contributed by atoms with E-state index >= 15 is 0 Å². The monoisotopic (exact) mass is 459 g/mol. The Labute approximate surface area is 189 Å². The number of alkyl carbamates (subject to hydrolysis) is 1. The van der Waals surface area contributed by atoms with Gasteiger partial charge in [-0.3, -0.25) is 24.1 Å². The summed E-state index contributed by atoms with van der Waals surface area (Å²) in [4.78, 5) is 81.3. The maximum atomic E-state index is 13.0. The Kier molecular flexibility index (Phi) is 6.01. The van der Waals surface area contributed by atoms with Crippen molar-refractivity contribution in [2.75, 3.05) is 0 Å². The second-order valence-electron chi connectivity index (χ2n) is 9.24. The van der Waals surface area contributed by atoms with Crippen LogP contribution in [-0.4, -0.2) is 62.8 Å². The van der Waals surface area contributed by atoms with Gasteiger partial charge in [-0.05, 0) is 53.2 Å². The lowest BCUT2D eigenvalue weighted by atomic mass is 10.0. The van der Waals surface area contributed by atoms with Crippen LogP contribution < -0.4 is 5.32 Å². The number of fused-ring (bicyclic) bond motifs is 1. The van der Waals surface area contributed by atoms with Crippen LogP contribution in [0.15, 0.2) is 24.3 Å². The minimum Gasteiger partial charge on any atom is -0.444 e. The fraction of sp³-hybridized carbons (Fsp3) is 0.455. The number of carbonyl (C=O) groups is 6. The maximum absolute atomic E-state index is 13.0. The molecule has 1 atom stereocenters. The lowest BCUT2D eigenvalue weighted by Crippen LogP contribution is -2.59. The number of hydrogen-bond donors (Lipinski definition) is 1. The fourth-order valence-corrected chi connectivity index (χ4v) is 3.38. The first-order chi connectivity index (χ1) is 15.2. The highest BCUT2D eigenvalue weighted by Gasteiger charge is 2.49. The van der Waals surface area contributed by atoms with Crippen LogP contribution in [0.5, 0.6) is 0 Å². The molecule has 176 valence electrons. The van der Waals surface area contributed by atoms with Gasteiger partial charge in [0.15, 0.2) is 0 Å². The zero-order valence-electron chi connectivity index (χ0n) is 19.0. The molecular weight excluding hydrogens is 434 g/mol. The van der Waals surface area contributed by atoms with Gasteiger partial charge in [-0.25, -0.2) is 9.59 Å². The number of rotatable bonds is 4. The van der Waals surface area contributed by atoms with Gasteiger partial charge in [-0.1, -0.05) is 12.1 Å². The second kappa shape index (κ2) is 8.30. The molecule has 0 radical (unpaired) electrons. The molecule has 1 fully saturated rings. The summed E-state index contributed by atoms with van der Waals surface area (Å²) < 4.78 is 5.11. The first kappa shape index (κ1) is 23.9. The van der Waals surface area contributed by atoms with Crippen molar-refractivity contribution in [3.63, 3.8) is 0 Å². The van der Waals surface area contributed by atoms with Crippen molar-refractivity contribution in [2.24, 2.45) is 0 Å². The van der Waals surface area contributed by atoms with E-state index in [0.717, 1.165) is 4.90 Å². The molecular formula is C22H25N3O8. The number of nitrogens with one attached hydrogen (secondary N) is 1. The first-order valence-electron chi connectivity index (χ1n) is 10.3. The number of benzene rings is 1. The molecule has 1 aromatic rings. The molecule has 0 saturated carbocycles. The minimum absolute atomic E-state index is 0.100. The second-order valence-corrected chi connectivity index (χ2v) is 9.24. The predicted molar refractivity (Wildman–Crippen MR) is 111 cm³/mol. The van der Waals surface area contributed by atoms with E-state index < -0.39 is 52.9 Å². The van der Waals surface area contributed by atoms with Crippen molar-refractivity contribution < 1.29 is 38.3 Å². The summed E-state index contributed by atoms with van der Waals surface area (Å²) >= 11 is 0. The number of imide groups is 2. The summed E-state index contributed by atoms with van der Waals surface area (Å²) in [5.41, 5.74) is -2.18. The third kappa shape index (κ3) is 4.71. The van der Waals surface area contributed by atoms with Crippen LogP contribution in [0.4, 0.5) is 4.79 Å². The molecule has 2 heterocycles. The van der Waals surface area contributed by atoms with E-state index in [0.29, 0.717) is 0 Å². The average molecular weight is 459 g/mol. The van der Waals surface area contributed by atoms with Crippen LogP contribution in [-0.2, 0) is 24.0 Å². The molecule has 3 rings (SSSR count). The Morgan fingerprint density at radius 1 is 0.970 bits per heavy atom. The molecule has 0 aromatic heterocycles. The summed E-state index contributed by atoms with van der Waals surface area (Å²) in [5.74, 6) is -4.28. The molecule has 0 aliphatic carbocycles. The van der Waals surface area contributed by atoms with Gasteiger partial charge in [0, 0.05) is 6.42 Å². The van der Waals surface area contributed by atoms with Crippen LogP contribution in [0, 0.1) is 0 Å². The molecule has 2 aliphatic heterocycles. The van der Waals surface area contributed by atoms with Gasteiger partial charge in [-0.15, -0.1) is 5.06 Å². The number of nitrogens with zero attached hydrogens (tertiary/aromatic N) is 2. The molecule has 1 aromatic carbocycles. The van der Waals surface area contributed by atoms with Crippen LogP contribution in [0.25, 0.3) is 0 Å². The lowest BCUT2D eigenvalue weighted by molar-refractivity contribution is -0.211. The van der Waals surface area contributed by atoms with E-state index in [1.807, 2.05) is 0 Å². The van der Waals surface area contributed by atoms with Crippen molar-refractivity contribution in [2.45, 2.75) is 64.6 Å². The van der Waals surface area contributed by atoms with Gasteiger partial charge < -0.3 is 14.9 Å². The summed E-state index contributed by atoms with van der Waals surface area (Å²) in [5, 5.41) is 2.57. The maximum Gasteiger partial charge on any atom is 0.408 e. The van der Waals surface area contributed by atoms with E-state index in [4.69, 9.17) is 9.57 Å². The summed E-state index contributed by atoms with van der Waals surface area (Å²) in [6.07, 6.45) is -1.24. The number of hydroxylamine groups is 2. The van der Waals surface area contributed by atoms with Crippen molar-refractivity contribution in [3.05, 3.63) is 35.4 Å². The predicted octanol–water partition coefficient (Wildman–Crippen LogP) is 1.56. The van der Waals surface area contributed by atoms with Gasteiger partial charge in [-0.2, -0.15) is 0 Å². The van der Waals surface area contributed by atoms with Gasteiger partial charge in [0.2, 0.25) is 0 Å². The highest BCUT2D eigenvalue weighted by Crippen LogP contribution is 2.29. The Morgan fingerprint density at radius 2 is 1.52 bits per heavy atom. The van der Waals surface area contributed by atoms with E-state index in [1.165, 1.54) is 26.0 Å². The summed E-state index contributed by atoms with van der Waals surface area (Å²) in [7, 11) is 0. The third-order valence-corrected chi connectivity index (χ3v) is 4.98. The highest BCUT2D eigenvalue weighted by atomic mass is 16.7. The zero-order valence-corrected chi connectivity index (χ0v) is 19.0. The summed E-state index contributed by atoms with van der Waals surface area (Å²) in [6, 6.07) is 4.80. The fourth-order valence-electron chi connectivity index (χ4n) is 3.38. The normalized spacial score (nSPS) is 18.9. The quantitative estimate of drug-likeness (QED) is 0.669. The van der Waals surface area contributed by atoms with Crippen LogP contribution in [0.1, 0.15) is 68.2 Å². The molecule has 33 heavy (non-hydrogen) atoms. The van der Waals surface area contributed by atoms with Crippen molar-refractivity contribution in [1.82, 2.24) is 15.3 Å². The number of ether oxygens (including phenoxy) is 1. The van der Waals surface area contributed by atoms with E-state index in [-0.39, 0.29) is 29.0 Å². The Balaban J connectivity index is 1.75. The lowest BCUT2D eigenvalue weighted by Gasteiger charge is -2.34. The van der Waals surface area contributed by atoms with E-state index in [9.17, 15) is 28.8 Å². The molecule has 0 bridgehead atoms. The molecule has 1 saturated heterocycles. The average Bonchev–Trinajstić information content (AvgIpc) is 2.94. The van der Waals surface area contributed by atoms with Gasteiger partial charge in [0.25, 0.3) is 23.6 Å².